The van der Waals surface area contributed by atoms with E-state index < -0.39 is 0 Å². The molecule has 2 unspecified atom stereocenters. The summed E-state index contributed by atoms with van der Waals surface area (Å²) in [7, 11) is 0. The highest BCUT2D eigenvalue weighted by Gasteiger charge is 2.47. The maximum absolute atomic E-state index is 12.2. The quantitative estimate of drug-likeness (QED) is 0.592. The normalized spacial score (nSPS) is 26.6. The van der Waals surface area contributed by atoms with Crippen LogP contribution in [-0.4, -0.2) is 16.8 Å². The Hall–Kier alpha value is -2.17. The molecule has 0 aromatic carbocycles. The van der Waals surface area contributed by atoms with Crippen molar-refractivity contribution in [2.75, 3.05) is 10.6 Å². The van der Waals surface area contributed by atoms with Gasteiger partial charge < -0.3 is 5.73 Å². The molecule has 1 aromatic rings. The van der Waals surface area contributed by atoms with Crippen molar-refractivity contribution in [1.82, 2.24) is 4.98 Å². The first-order valence-electron chi connectivity index (χ1n) is 5.93. The number of pyridine rings is 1. The van der Waals surface area contributed by atoms with E-state index >= 15 is 0 Å². The van der Waals surface area contributed by atoms with Crippen LogP contribution < -0.4 is 10.6 Å². The van der Waals surface area contributed by atoms with E-state index in [1.165, 1.54) is 11.1 Å². The van der Waals surface area contributed by atoms with E-state index in [1.807, 2.05) is 12.2 Å². The van der Waals surface area contributed by atoms with Crippen LogP contribution in [0.4, 0.5) is 11.5 Å². The molecule has 18 heavy (non-hydrogen) atoms. The summed E-state index contributed by atoms with van der Waals surface area (Å²) in [4.78, 5) is 29.7. The van der Waals surface area contributed by atoms with Crippen LogP contribution in [0.25, 0.3) is 0 Å². The highest BCUT2D eigenvalue weighted by molar-refractivity contribution is 6.22. The second kappa shape index (κ2) is 3.94. The molecular formula is C13H13N3O2. The van der Waals surface area contributed by atoms with Crippen LogP contribution >= 0.6 is 0 Å². The molecule has 1 aliphatic carbocycles. The Morgan fingerprint density at radius 3 is 2.22 bits per heavy atom. The van der Waals surface area contributed by atoms with Crippen molar-refractivity contribution >= 4 is 23.3 Å². The fourth-order valence-corrected chi connectivity index (χ4v) is 2.58. The van der Waals surface area contributed by atoms with Gasteiger partial charge in [-0.2, -0.15) is 0 Å². The third-order valence-corrected chi connectivity index (χ3v) is 3.54. The molecule has 1 aliphatic heterocycles. The first kappa shape index (κ1) is 11.0. The van der Waals surface area contributed by atoms with Gasteiger partial charge in [0, 0.05) is 0 Å². The zero-order valence-electron chi connectivity index (χ0n) is 9.74. The van der Waals surface area contributed by atoms with Crippen molar-refractivity contribution in [3.05, 3.63) is 30.5 Å². The van der Waals surface area contributed by atoms with E-state index in [4.69, 9.17) is 5.73 Å². The van der Waals surface area contributed by atoms with E-state index in [0.717, 1.165) is 0 Å². The third-order valence-electron chi connectivity index (χ3n) is 3.54. The van der Waals surface area contributed by atoms with E-state index in [1.54, 1.807) is 12.1 Å². The van der Waals surface area contributed by atoms with Gasteiger partial charge in [-0.3, -0.25) is 9.59 Å². The molecule has 2 amide bonds. The summed E-state index contributed by atoms with van der Waals surface area (Å²) in [5.74, 6) is -0.293. The SMILES string of the molecule is Nc1ccc(N2C(=O)C3CC=CCC3C2=O)cn1. The van der Waals surface area contributed by atoms with Crippen molar-refractivity contribution in [3.63, 3.8) is 0 Å². The van der Waals surface area contributed by atoms with Crippen LogP contribution in [0.1, 0.15) is 12.8 Å². The lowest BCUT2D eigenvalue weighted by molar-refractivity contribution is -0.122. The van der Waals surface area contributed by atoms with Crippen molar-refractivity contribution in [2.24, 2.45) is 11.8 Å². The molecule has 5 heteroatoms. The number of nitrogens with two attached hydrogens (primary N) is 1. The maximum atomic E-state index is 12.2. The van der Waals surface area contributed by atoms with Crippen molar-refractivity contribution in [2.45, 2.75) is 12.8 Å². The van der Waals surface area contributed by atoms with Crippen LogP contribution in [-0.2, 0) is 9.59 Å². The summed E-state index contributed by atoms with van der Waals surface area (Å²) in [6.45, 7) is 0. The standard InChI is InChI=1S/C13H13N3O2/c14-11-6-5-8(7-15-11)16-12(17)9-3-1-2-4-10(9)13(16)18/h1-2,5-7,9-10H,3-4H2,(H2,14,15). The predicted octanol–water partition coefficient (Wildman–Crippen LogP) is 1.12. The third kappa shape index (κ3) is 1.51. The summed E-state index contributed by atoms with van der Waals surface area (Å²) >= 11 is 0. The van der Waals surface area contributed by atoms with Crippen molar-refractivity contribution in [1.29, 1.82) is 0 Å². The number of hydrogen-bond donors (Lipinski definition) is 1. The number of nitrogen functional groups attached to an aromatic ring is 1. The predicted molar refractivity (Wildman–Crippen MR) is 66.5 cm³/mol. The first-order chi connectivity index (χ1) is 8.68. The Bertz CT molecular complexity index is 510. The minimum Gasteiger partial charge on any atom is -0.384 e. The molecule has 0 saturated carbocycles. The summed E-state index contributed by atoms with van der Waals surface area (Å²) < 4.78 is 0. The lowest BCUT2D eigenvalue weighted by atomic mass is 9.85. The van der Waals surface area contributed by atoms with Crippen LogP contribution in [0.5, 0.6) is 0 Å². The molecule has 5 nitrogen and oxygen atoms in total. The Labute approximate surface area is 104 Å². The molecule has 92 valence electrons. The smallest absolute Gasteiger partial charge is 0.238 e. The summed E-state index contributed by atoms with van der Waals surface area (Å²) in [5.41, 5.74) is 6.01. The number of imide groups is 1. The summed E-state index contributed by atoms with van der Waals surface area (Å²) in [6.07, 6.45) is 6.70. The highest BCUT2D eigenvalue weighted by atomic mass is 16.2. The number of carbonyl (C=O) groups excluding carboxylic acids is 2. The van der Waals surface area contributed by atoms with E-state index in [-0.39, 0.29) is 23.7 Å². The molecule has 3 rings (SSSR count). The van der Waals surface area contributed by atoms with Crippen LogP contribution in [0.3, 0.4) is 0 Å². The molecule has 0 radical (unpaired) electrons. The van der Waals surface area contributed by atoms with Gasteiger partial charge in [0.25, 0.3) is 0 Å². The number of amides is 2. The molecule has 0 bridgehead atoms. The Morgan fingerprint density at radius 1 is 1.11 bits per heavy atom. The number of fused-ring (bicyclic) bond motifs is 1. The van der Waals surface area contributed by atoms with Crippen molar-refractivity contribution in [3.8, 4) is 0 Å². The number of aromatic nitrogens is 1. The van der Waals surface area contributed by atoms with Gasteiger partial charge in [-0.05, 0) is 25.0 Å². The molecule has 1 fully saturated rings. The number of anilines is 2. The molecule has 2 N–H and O–H groups in total. The number of allylic oxidation sites excluding steroid dienone is 2. The van der Waals surface area contributed by atoms with E-state index in [0.29, 0.717) is 24.3 Å². The van der Waals surface area contributed by atoms with Gasteiger partial charge in [-0.15, -0.1) is 0 Å². The highest BCUT2D eigenvalue weighted by Crippen LogP contribution is 2.37. The van der Waals surface area contributed by atoms with Crippen molar-refractivity contribution < 1.29 is 9.59 Å². The number of rotatable bonds is 1. The minimum atomic E-state index is -0.208. The van der Waals surface area contributed by atoms with Gasteiger partial charge in [-0.25, -0.2) is 9.88 Å². The second-order valence-electron chi connectivity index (χ2n) is 4.61. The monoisotopic (exact) mass is 243 g/mol. The lowest BCUT2D eigenvalue weighted by Gasteiger charge is -2.14. The fourth-order valence-electron chi connectivity index (χ4n) is 2.58. The number of hydrogen-bond acceptors (Lipinski definition) is 4. The molecule has 2 heterocycles. The topological polar surface area (TPSA) is 76.3 Å². The number of carbonyl (C=O) groups is 2. The van der Waals surface area contributed by atoms with E-state index in [9.17, 15) is 9.59 Å². The Morgan fingerprint density at radius 2 is 1.72 bits per heavy atom. The average molecular weight is 243 g/mol. The molecule has 1 saturated heterocycles. The fraction of sp³-hybridized carbons (Fsp3) is 0.308. The van der Waals surface area contributed by atoms with Gasteiger partial charge in [0.05, 0.1) is 23.7 Å². The average Bonchev–Trinajstić information content (AvgIpc) is 2.64. The number of nitrogens with zero attached hydrogens (tertiary/aromatic N) is 2. The molecule has 1 aromatic heterocycles. The van der Waals surface area contributed by atoms with Gasteiger partial charge in [0.15, 0.2) is 0 Å². The molecule has 0 spiro atoms. The summed E-state index contributed by atoms with van der Waals surface area (Å²) in [6, 6.07) is 3.25. The summed E-state index contributed by atoms with van der Waals surface area (Å²) in [5, 5.41) is 0. The van der Waals surface area contributed by atoms with Gasteiger partial charge >= 0.3 is 0 Å². The van der Waals surface area contributed by atoms with Crippen LogP contribution in [0.15, 0.2) is 30.5 Å². The largest absolute Gasteiger partial charge is 0.384 e. The Balaban J connectivity index is 1.96. The molecule has 2 aliphatic rings. The van der Waals surface area contributed by atoms with Gasteiger partial charge in [0.2, 0.25) is 11.8 Å². The minimum absolute atomic E-state index is 0.124. The zero-order valence-corrected chi connectivity index (χ0v) is 9.74. The Kier molecular flexibility index (Phi) is 2.40. The lowest BCUT2D eigenvalue weighted by Crippen LogP contribution is -2.30. The van der Waals surface area contributed by atoms with Gasteiger partial charge in [-0.1, -0.05) is 12.2 Å². The zero-order chi connectivity index (χ0) is 12.7. The maximum Gasteiger partial charge on any atom is 0.238 e. The van der Waals surface area contributed by atoms with Crippen LogP contribution in [0, 0.1) is 11.8 Å². The van der Waals surface area contributed by atoms with E-state index in [2.05, 4.69) is 4.98 Å². The second-order valence-corrected chi connectivity index (χ2v) is 4.61. The van der Waals surface area contributed by atoms with Crippen LogP contribution in [0.2, 0.25) is 0 Å². The van der Waals surface area contributed by atoms with Gasteiger partial charge in [0.1, 0.15) is 5.82 Å². The first-order valence-corrected chi connectivity index (χ1v) is 5.93. The molecular weight excluding hydrogens is 230 g/mol. The molecule has 2 atom stereocenters.